The molecule has 1 aromatic rings. The van der Waals surface area contributed by atoms with Crippen LogP contribution in [0.25, 0.3) is 0 Å². The van der Waals surface area contributed by atoms with Gasteiger partial charge in [-0.15, -0.1) is 0 Å². The van der Waals surface area contributed by atoms with Crippen LogP contribution in [0.5, 0.6) is 5.75 Å². The first-order valence-corrected chi connectivity index (χ1v) is 7.23. The largest absolute Gasteiger partial charge is 0.505 e. The summed E-state index contributed by atoms with van der Waals surface area (Å²) in [5, 5.41) is 12.6. The summed E-state index contributed by atoms with van der Waals surface area (Å²) in [6.07, 6.45) is 0.913. The van der Waals surface area contributed by atoms with Crippen molar-refractivity contribution in [3.05, 3.63) is 29.6 Å². The van der Waals surface area contributed by atoms with E-state index in [1.807, 2.05) is 4.90 Å². The lowest BCUT2D eigenvalue weighted by Gasteiger charge is -2.29. The molecule has 0 radical (unpaired) electrons. The molecule has 0 aromatic heterocycles. The molecule has 2 rings (SSSR count). The van der Waals surface area contributed by atoms with E-state index in [4.69, 9.17) is 4.74 Å². The molecule has 0 saturated carbocycles. The Morgan fingerprint density at radius 3 is 3.00 bits per heavy atom. The average Bonchev–Trinajstić information content (AvgIpc) is 2.72. The number of esters is 1. The minimum Gasteiger partial charge on any atom is -0.505 e. The molecule has 21 heavy (non-hydrogen) atoms. The molecule has 1 unspecified atom stereocenters. The monoisotopic (exact) mass is 296 g/mol. The van der Waals surface area contributed by atoms with Crippen LogP contribution < -0.4 is 5.32 Å². The molecule has 5 nitrogen and oxygen atoms in total. The fourth-order valence-electron chi connectivity index (χ4n) is 2.54. The maximum absolute atomic E-state index is 13.6. The molecule has 1 aliphatic heterocycles. The number of halogens is 1. The van der Waals surface area contributed by atoms with Crippen LogP contribution >= 0.6 is 0 Å². The lowest BCUT2D eigenvalue weighted by atomic mass is 10.0. The van der Waals surface area contributed by atoms with Gasteiger partial charge in [0.1, 0.15) is 6.04 Å². The van der Waals surface area contributed by atoms with Crippen molar-refractivity contribution >= 4 is 5.97 Å². The van der Waals surface area contributed by atoms with Gasteiger partial charge in [0.2, 0.25) is 0 Å². The maximum atomic E-state index is 13.6. The van der Waals surface area contributed by atoms with Gasteiger partial charge >= 0.3 is 5.97 Å². The Hall–Kier alpha value is -1.66. The molecule has 1 atom stereocenters. The van der Waals surface area contributed by atoms with Crippen LogP contribution in [0.4, 0.5) is 4.39 Å². The third-order valence-electron chi connectivity index (χ3n) is 3.54. The van der Waals surface area contributed by atoms with Crippen LogP contribution in [-0.4, -0.2) is 48.8 Å². The molecule has 0 bridgehead atoms. The highest BCUT2D eigenvalue weighted by Gasteiger charge is 2.30. The van der Waals surface area contributed by atoms with Gasteiger partial charge in [0, 0.05) is 19.6 Å². The number of hydrogen-bond acceptors (Lipinski definition) is 5. The van der Waals surface area contributed by atoms with Crippen molar-refractivity contribution in [2.45, 2.75) is 19.4 Å². The number of ether oxygens (including phenoxy) is 1. The van der Waals surface area contributed by atoms with Gasteiger partial charge < -0.3 is 15.2 Å². The second-order valence-electron chi connectivity index (χ2n) is 5.00. The standard InChI is InChI=1S/C15H21FN2O3/c1-2-21-15(20)14(18-8-3-6-17-7-9-18)11-4-5-13(19)12(16)10-11/h4-5,10,14,17,19H,2-3,6-9H2,1H3. The molecular formula is C15H21FN2O3. The first kappa shape index (κ1) is 15.7. The molecule has 6 heteroatoms. The quantitative estimate of drug-likeness (QED) is 0.823. The number of aromatic hydroxyl groups is 1. The number of phenols is 1. The predicted octanol–water partition coefficient (Wildman–Crippen LogP) is 1.43. The van der Waals surface area contributed by atoms with Gasteiger partial charge in [-0.2, -0.15) is 0 Å². The highest BCUT2D eigenvalue weighted by atomic mass is 19.1. The molecule has 1 aliphatic rings. The number of phenolic OH excluding ortho intramolecular Hbond substituents is 1. The number of rotatable bonds is 4. The highest BCUT2D eigenvalue weighted by Crippen LogP contribution is 2.27. The first-order valence-electron chi connectivity index (χ1n) is 7.23. The van der Waals surface area contributed by atoms with Gasteiger partial charge in [0.05, 0.1) is 6.61 Å². The molecule has 1 saturated heterocycles. The number of benzene rings is 1. The lowest BCUT2D eigenvalue weighted by Crippen LogP contribution is -2.37. The van der Waals surface area contributed by atoms with Gasteiger partial charge in [-0.1, -0.05) is 6.07 Å². The van der Waals surface area contributed by atoms with Crippen molar-refractivity contribution in [2.24, 2.45) is 0 Å². The Balaban J connectivity index is 2.29. The average molecular weight is 296 g/mol. The third kappa shape index (κ3) is 3.92. The second-order valence-corrected chi connectivity index (χ2v) is 5.00. The second kappa shape index (κ2) is 7.38. The van der Waals surface area contributed by atoms with E-state index in [2.05, 4.69) is 5.32 Å². The zero-order valence-electron chi connectivity index (χ0n) is 12.1. The fourth-order valence-corrected chi connectivity index (χ4v) is 2.54. The van der Waals surface area contributed by atoms with Crippen LogP contribution in [0.15, 0.2) is 18.2 Å². The smallest absolute Gasteiger partial charge is 0.328 e. The Kier molecular flexibility index (Phi) is 5.52. The van der Waals surface area contributed by atoms with E-state index in [0.717, 1.165) is 26.1 Å². The molecular weight excluding hydrogens is 275 g/mol. The fraction of sp³-hybridized carbons (Fsp3) is 0.533. The van der Waals surface area contributed by atoms with Crippen LogP contribution in [0.2, 0.25) is 0 Å². The summed E-state index contributed by atoms with van der Waals surface area (Å²) in [6.45, 7) is 5.12. The van der Waals surface area contributed by atoms with Crippen molar-refractivity contribution < 1.29 is 19.0 Å². The van der Waals surface area contributed by atoms with Gasteiger partial charge in [-0.25, -0.2) is 9.18 Å². The van der Waals surface area contributed by atoms with E-state index in [9.17, 15) is 14.3 Å². The molecule has 116 valence electrons. The number of carbonyl (C=O) groups is 1. The minimum atomic E-state index is -0.727. The van der Waals surface area contributed by atoms with Gasteiger partial charge in [0.15, 0.2) is 11.6 Å². The number of hydrogen-bond donors (Lipinski definition) is 2. The van der Waals surface area contributed by atoms with Crippen LogP contribution in [0, 0.1) is 5.82 Å². The van der Waals surface area contributed by atoms with Crippen LogP contribution in [0.3, 0.4) is 0 Å². The summed E-state index contributed by atoms with van der Waals surface area (Å²) in [5.74, 6) is -1.53. The van der Waals surface area contributed by atoms with Crippen molar-refractivity contribution in [3.8, 4) is 5.75 Å². The summed E-state index contributed by atoms with van der Waals surface area (Å²) in [6, 6.07) is 3.40. The molecule has 1 aromatic carbocycles. The lowest BCUT2D eigenvalue weighted by molar-refractivity contribution is -0.149. The van der Waals surface area contributed by atoms with Gasteiger partial charge in [0.25, 0.3) is 0 Å². The SMILES string of the molecule is CCOC(=O)C(c1ccc(O)c(F)c1)N1CCCNCC1. The summed E-state index contributed by atoms with van der Waals surface area (Å²) in [5.41, 5.74) is 0.505. The van der Waals surface area contributed by atoms with E-state index in [0.29, 0.717) is 12.1 Å². The Morgan fingerprint density at radius 2 is 2.29 bits per heavy atom. The van der Waals surface area contributed by atoms with Crippen molar-refractivity contribution in [1.82, 2.24) is 10.2 Å². The zero-order valence-corrected chi connectivity index (χ0v) is 12.1. The van der Waals surface area contributed by atoms with Crippen molar-refractivity contribution in [1.29, 1.82) is 0 Å². The summed E-state index contributed by atoms with van der Waals surface area (Å²) < 4.78 is 18.7. The third-order valence-corrected chi connectivity index (χ3v) is 3.54. The molecule has 1 heterocycles. The van der Waals surface area contributed by atoms with Crippen LogP contribution in [-0.2, 0) is 9.53 Å². The molecule has 2 N–H and O–H groups in total. The van der Waals surface area contributed by atoms with E-state index in [1.54, 1.807) is 13.0 Å². The Morgan fingerprint density at radius 1 is 1.48 bits per heavy atom. The minimum absolute atomic E-state index is 0.280. The molecule has 0 spiro atoms. The molecule has 1 fully saturated rings. The summed E-state index contributed by atoms with van der Waals surface area (Å²) >= 11 is 0. The van der Waals surface area contributed by atoms with Gasteiger partial charge in [-0.05, 0) is 37.6 Å². The summed E-state index contributed by atoms with van der Waals surface area (Å²) in [7, 11) is 0. The summed E-state index contributed by atoms with van der Waals surface area (Å²) in [4.78, 5) is 14.3. The van der Waals surface area contributed by atoms with Crippen molar-refractivity contribution in [2.75, 3.05) is 32.8 Å². The van der Waals surface area contributed by atoms with E-state index >= 15 is 0 Å². The van der Waals surface area contributed by atoms with Crippen molar-refractivity contribution in [3.63, 3.8) is 0 Å². The normalized spacial score (nSPS) is 18.0. The predicted molar refractivity (Wildman–Crippen MR) is 76.5 cm³/mol. The van der Waals surface area contributed by atoms with E-state index in [1.165, 1.54) is 12.1 Å². The number of nitrogens with zero attached hydrogens (tertiary/aromatic N) is 1. The topological polar surface area (TPSA) is 61.8 Å². The van der Waals surface area contributed by atoms with E-state index in [-0.39, 0.29) is 12.6 Å². The molecule has 0 aliphatic carbocycles. The number of nitrogens with one attached hydrogen (secondary N) is 1. The Labute approximate surface area is 123 Å². The zero-order chi connectivity index (χ0) is 15.2. The Bertz CT molecular complexity index is 488. The maximum Gasteiger partial charge on any atom is 0.328 e. The van der Waals surface area contributed by atoms with E-state index < -0.39 is 17.6 Å². The first-order chi connectivity index (χ1) is 10.1. The van der Waals surface area contributed by atoms with Crippen LogP contribution in [0.1, 0.15) is 24.9 Å². The number of carbonyl (C=O) groups excluding carboxylic acids is 1. The molecule has 0 amide bonds. The van der Waals surface area contributed by atoms with Gasteiger partial charge in [-0.3, -0.25) is 4.90 Å². The highest BCUT2D eigenvalue weighted by molar-refractivity contribution is 5.77.